The molecule has 9 heteroatoms. The first-order valence-electron chi connectivity index (χ1n) is 12.1. The molecule has 0 aliphatic heterocycles. The summed E-state index contributed by atoms with van der Waals surface area (Å²) in [6.45, 7) is 1.91. The van der Waals surface area contributed by atoms with Crippen molar-refractivity contribution in [2.75, 3.05) is 5.73 Å². The van der Waals surface area contributed by atoms with Gasteiger partial charge in [-0.15, -0.1) is 5.10 Å². The van der Waals surface area contributed by atoms with Gasteiger partial charge < -0.3 is 11.1 Å². The molecule has 3 N–H and O–H groups in total. The van der Waals surface area contributed by atoms with E-state index in [4.69, 9.17) is 10.7 Å². The Morgan fingerprint density at radius 1 is 1.03 bits per heavy atom. The monoisotopic (exact) mass is 500 g/mol. The number of hydrogen-bond acceptors (Lipinski definition) is 5. The van der Waals surface area contributed by atoms with Gasteiger partial charge in [0.05, 0.1) is 40.4 Å². The van der Waals surface area contributed by atoms with E-state index < -0.39 is 6.04 Å². The smallest absolute Gasteiger partial charge is 0.257 e. The van der Waals surface area contributed by atoms with Crippen molar-refractivity contribution in [2.24, 2.45) is 7.05 Å². The van der Waals surface area contributed by atoms with Gasteiger partial charge in [-0.25, -0.2) is 9.50 Å². The number of nitrogens with one attached hydrogen (secondary N) is 1. The van der Waals surface area contributed by atoms with Crippen LogP contribution in [-0.4, -0.2) is 34.7 Å². The molecule has 0 spiro atoms. The van der Waals surface area contributed by atoms with Gasteiger partial charge in [0.25, 0.3) is 5.91 Å². The molecule has 0 radical (unpaired) electrons. The molecule has 0 saturated heterocycles. The van der Waals surface area contributed by atoms with Crippen molar-refractivity contribution in [3.8, 4) is 23.1 Å². The van der Waals surface area contributed by atoms with Crippen LogP contribution in [-0.2, 0) is 7.05 Å². The number of nitrogen functional groups attached to an aromatic ring is 1. The van der Waals surface area contributed by atoms with Crippen molar-refractivity contribution in [2.45, 2.75) is 13.0 Å². The lowest BCUT2D eigenvalue weighted by Crippen LogP contribution is -2.27. The third kappa shape index (κ3) is 4.04. The number of amides is 1. The summed E-state index contributed by atoms with van der Waals surface area (Å²) in [5.74, 6) is 6.32. The van der Waals surface area contributed by atoms with E-state index in [1.54, 1.807) is 21.6 Å². The maximum Gasteiger partial charge on any atom is 0.257 e. The summed E-state index contributed by atoms with van der Waals surface area (Å²) >= 11 is 0. The number of carbonyl (C=O) groups is 1. The topological polar surface area (TPSA) is 108 Å². The lowest BCUT2D eigenvalue weighted by atomic mass is 10.1. The molecule has 1 unspecified atom stereocenters. The minimum absolute atomic E-state index is 0.173. The number of hydrogen-bond donors (Lipinski definition) is 2. The number of imidazole rings is 1. The molecule has 9 nitrogen and oxygen atoms in total. The van der Waals surface area contributed by atoms with Gasteiger partial charge in [0.15, 0.2) is 5.82 Å². The van der Waals surface area contributed by atoms with Crippen molar-refractivity contribution in [1.29, 1.82) is 0 Å². The molecule has 1 amide bonds. The predicted octanol–water partition coefficient (Wildman–Crippen LogP) is 3.86. The van der Waals surface area contributed by atoms with Gasteiger partial charge in [-0.1, -0.05) is 48.4 Å². The van der Waals surface area contributed by atoms with Crippen molar-refractivity contribution >= 4 is 22.9 Å². The average molecular weight is 501 g/mol. The average Bonchev–Trinajstić information content (AvgIpc) is 3.62. The van der Waals surface area contributed by atoms with Gasteiger partial charge in [-0.2, -0.15) is 5.10 Å². The van der Waals surface area contributed by atoms with E-state index in [1.165, 1.54) is 0 Å². The van der Waals surface area contributed by atoms with Gasteiger partial charge >= 0.3 is 0 Å². The van der Waals surface area contributed by atoms with E-state index in [-0.39, 0.29) is 11.7 Å². The van der Waals surface area contributed by atoms with E-state index in [2.05, 4.69) is 27.4 Å². The van der Waals surface area contributed by atoms with Crippen LogP contribution >= 0.6 is 0 Å². The minimum atomic E-state index is -0.435. The van der Waals surface area contributed by atoms with Crippen LogP contribution in [0, 0.1) is 11.8 Å². The maximum absolute atomic E-state index is 13.4. The Hall–Kier alpha value is -5.36. The fraction of sp³-hybridized carbons (Fsp3) is 0.103. The molecule has 38 heavy (non-hydrogen) atoms. The van der Waals surface area contributed by atoms with Gasteiger partial charge in [0.1, 0.15) is 11.2 Å². The number of anilines is 1. The number of aryl methyl sites for hydroxylation is 1. The van der Waals surface area contributed by atoms with Gasteiger partial charge in [0.2, 0.25) is 0 Å². The quantitative estimate of drug-likeness (QED) is 0.358. The fourth-order valence-electron chi connectivity index (χ4n) is 4.59. The number of carbonyl (C=O) groups excluding carboxylic acids is 1. The zero-order valence-corrected chi connectivity index (χ0v) is 20.8. The van der Waals surface area contributed by atoms with Crippen molar-refractivity contribution in [1.82, 2.24) is 34.1 Å². The maximum atomic E-state index is 13.4. The molecule has 5 heterocycles. The molecule has 0 saturated carbocycles. The lowest BCUT2D eigenvalue weighted by molar-refractivity contribution is 0.0942. The van der Waals surface area contributed by atoms with Crippen molar-refractivity contribution in [3.63, 3.8) is 0 Å². The molecule has 0 aliphatic carbocycles. The highest BCUT2D eigenvalue weighted by molar-refractivity contribution is 6.05. The Morgan fingerprint density at radius 2 is 1.84 bits per heavy atom. The molecule has 1 atom stereocenters. The number of rotatable bonds is 4. The zero-order valence-electron chi connectivity index (χ0n) is 20.8. The highest BCUT2D eigenvalue weighted by Gasteiger charge is 2.25. The van der Waals surface area contributed by atoms with Crippen LogP contribution in [0.4, 0.5) is 5.82 Å². The van der Waals surface area contributed by atoms with Gasteiger partial charge in [-0.3, -0.25) is 13.9 Å². The first-order valence-corrected chi connectivity index (χ1v) is 12.1. The standard InChI is InChI=1S/C29H24N8O/c1-19(32-29(38)25-23-12-6-7-16-36(23)34-28(25)30)26-27(21-9-4-3-5-10-21)37-22(11-8-13-24(37)33-26)15-14-20-17-31-35(2)18-20/h3-13,16-19H,1-2H3,(H2,30,34)(H,32,38). The van der Waals surface area contributed by atoms with Crippen molar-refractivity contribution in [3.05, 3.63) is 108 Å². The minimum Gasteiger partial charge on any atom is -0.382 e. The molecule has 0 aliphatic rings. The van der Waals surface area contributed by atoms with E-state index in [0.717, 1.165) is 33.9 Å². The second-order valence-electron chi connectivity index (χ2n) is 8.95. The van der Waals surface area contributed by atoms with Crippen LogP contribution in [0.25, 0.3) is 22.4 Å². The normalized spacial score (nSPS) is 11.8. The summed E-state index contributed by atoms with van der Waals surface area (Å²) in [5, 5.41) is 11.6. The number of pyridine rings is 2. The van der Waals surface area contributed by atoms with Gasteiger partial charge in [0, 0.05) is 25.0 Å². The first-order chi connectivity index (χ1) is 18.5. The Bertz CT molecular complexity index is 1870. The number of nitrogens with zero attached hydrogens (tertiary/aromatic N) is 6. The van der Waals surface area contributed by atoms with E-state index >= 15 is 0 Å². The largest absolute Gasteiger partial charge is 0.382 e. The highest BCUT2D eigenvalue weighted by atomic mass is 16.1. The summed E-state index contributed by atoms with van der Waals surface area (Å²) in [6, 6.07) is 20.8. The third-order valence-electron chi connectivity index (χ3n) is 6.31. The molecule has 6 aromatic rings. The number of nitrogens with two attached hydrogens (primary N) is 1. The molecule has 5 aromatic heterocycles. The van der Waals surface area contributed by atoms with Crippen molar-refractivity contribution < 1.29 is 4.79 Å². The molecular formula is C29H24N8O. The van der Waals surface area contributed by atoms with Gasteiger partial charge in [-0.05, 0) is 37.1 Å². The molecule has 1 aromatic carbocycles. The van der Waals surface area contributed by atoms with Crippen LogP contribution in [0.5, 0.6) is 0 Å². The second-order valence-corrected chi connectivity index (χ2v) is 8.95. The van der Waals surface area contributed by atoms with Crippen LogP contribution in [0.1, 0.15) is 40.3 Å². The molecule has 6 rings (SSSR count). The predicted molar refractivity (Wildman–Crippen MR) is 145 cm³/mol. The Labute approximate surface area is 218 Å². The molecule has 0 bridgehead atoms. The third-order valence-corrected chi connectivity index (χ3v) is 6.31. The molecular weight excluding hydrogens is 476 g/mol. The van der Waals surface area contributed by atoms with Crippen LogP contribution in [0.2, 0.25) is 0 Å². The summed E-state index contributed by atoms with van der Waals surface area (Å²) in [7, 11) is 1.86. The Morgan fingerprint density at radius 3 is 2.63 bits per heavy atom. The SMILES string of the molecule is CC(NC(=O)c1c(N)nn2ccccc12)c1nc2cccc(C#Cc3cnn(C)c3)n2c1-c1ccccc1. The van der Waals surface area contributed by atoms with E-state index in [9.17, 15) is 4.79 Å². The van der Waals surface area contributed by atoms with Crippen LogP contribution in [0.15, 0.2) is 85.3 Å². The van der Waals surface area contributed by atoms with Crippen LogP contribution in [0.3, 0.4) is 0 Å². The molecule has 186 valence electrons. The summed E-state index contributed by atoms with van der Waals surface area (Å²) in [5.41, 5.74) is 12.0. The second kappa shape index (κ2) is 9.26. The fourth-order valence-corrected chi connectivity index (χ4v) is 4.59. The van der Waals surface area contributed by atoms with Crippen LogP contribution < -0.4 is 11.1 Å². The number of fused-ring (bicyclic) bond motifs is 2. The highest BCUT2D eigenvalue weighted by Crippen LogP contribution is 2.31. The number of aromatic nitrogens is 6. The number of benzene rings is 1. The Balaban J connectivity index is 1.45. The summed E-state index contributed by atoms with van der Waals surface area (Å²) in [6.07, 6.45) is 5.36. The Kier molecular flexibility index (Phi) is 5.62. The summed E-state index contributed by atoms with van der Waals surface area (Å²) < 4.78 is 5.35. The zero-order chi connectivity index (χ0) is 26.2. The first kappa shape index (κ1) is 23.1. The molecule has 0 fully saturated rings. The van der Waals surface area contributed by atoms with E-state index in [1.807, 2.05) is 91.3 Å². The lowest BCUT2D eigenvalue weighted by Gasteiger charge is -2.15. The van der Waals surface area contributed by atoms with E-state index in [0.29, 0.717) is 11.1 Å². The summed E-state index contributed by atoms with van der Waals surface area (Å²) in [4.78, 5) is 18.3.